The van der Waals surface area contributed by atoms with Crippen LogP contribution in [0.25, 0.3) is 0 Å². The van der Waals surface area contributed by atoms with Crippen LogP contribution in [0.4, 0.5) is 0 Å². The summed E-state index contributed by atoms with van der Waals surface area (Å²) in [5, 5.41) is 6.94. The summed E-state index contributed by atoms with van der Waals surface area (Å²) in [5.74, 6) is 0. The summed E-state index contributed by atoms with van der Waals surface area (Å²) in [6, 6.07) is 9.20. The van der Waals surface area contributed by atoms with E-state index in [1.54, 1.807) is 11.3 Å². The lowest BCUT2D eigenvalue weighted by atomic mass is 9.99. The van der Waals surface area contributed by atoms with Crippen molar-refractivity contribution in [2.45, 2.75) is 46.1 Å². The summed E-state index contributed by atoms with van der Waals surface area (Å²) in [4.78, 5) is 4.58. The summed E-state index contributed by atoms with van der Waals surface area (Å²) < 4.78 is 0. The fourth-order valence-corrected chi connectivity index (χ4v) is 3.17. The van der Waals surface area contributed by atoms with Crippen LogP contribution in [0.1, 0.15) is 35.2 Å². The van der Waals surface area contributed by atoms with Crippen LogP contribution in [0, 0.1) is 13.8 Å². The lowest BCUT2D eigenvalue weighted by Gasteiger charge is -2.17. The van der Waals surface area contributed by atoms with Crippen LogP contribution in [0.3, 0.4) is 0 Å². The zero-order valence-corrected chi connectivity index (χ0v) is 13.5. The number of hydrogen-bond acceptors (Lipinski definition) is 3. The molecule has 20 heavy (non-hydrogen) atoms. The minimum absolute atomic E-state index is 0.515. The summed E-state index contributed by atoms with van der Waals surface area (Å²) in [7, 11) is 0. The first-order chi connectivity index (χ1) is 9.69. The Balaban J connectivity index is 1.94. The molecule has 0 fully saturated rings. The largest absolute Gasteiger partial charge is 0.314 e. The number of aromatic nitrogens is 1. The fourth-order valence-electron chi connectivity index (χ4n) is 2.54. The standard InChI is InChI=1S/C17H24N2S/c1-4-18-16(11-17-12-20-14(3)19-17)10-9-15-8-6-5-7-13(15)2/h5-8,12,16,18H,4,9-11H2,1-3H3. The summed E-state index contributed by atoms with van der Waals surface area (Å²) >= 11 is 1.74. The number of nitrogens with one attached hydrogen (secondary N) is 1. The molecule has 3 heteroatoms. The Bertz CT molecular complexity index is 533. The molecular formula is C17H24N2S. The zero-order valence-electron chi connectivity index (χ0n) is 12.6. The van der Waals surface area contributed by atoms with Crippen LogP contribution in [-0.4, -0.2) is 17.6 Å². The van der Waals surface area contributed by atoms with Crippen molar-refractivity contribution in [2.24, 2.45) is 0 Å². The smallest absolute Gasteiger partial charge is 0.0897 e. The van der Waals surface area contributed by atoms with E-state index < -0.39 is 0 Å². The van der Waals surface area contributed by atoms with Crippen molar-refractivity contribution in [3.63, 3.8) is 0 Å². The van der Waals surface area contributed by atoms with E-state index in [1.165, 1.54) is 16.8 Å². The molecule has 0 saturated carbocycles. The van der Waals surface area contributed by atoms with Crippen LogP contribution in [0.2, 0.25) is 0 Å². The Morgan fingerprint density at radius 3 is 2.70 bits per heavy atom. The van der Waals surface area contributed by atoms with E-state index in [4.69, 9.17) is 0 Å². The third-order valence-corrected chi connectivity index (χ3v) is 4.46. The highest BCUT2D eigenvalue weighted by Crippen LogP contribution is 2.15. The molecular weight excluding hydrogens is 264 g/mol. The first-order valence-corrected chi connectivity index (χ1v) is 8.26. The normalized spacial score (nSPS) is 12.6. The van der Waals surface area contributed by atoms with Gasteiger partial charge in [-0.25, -0.2) is 4.98 Å². The van der Waals surface area contributed by atoms with Crippen molar-refractivity contribution in [3.05, 3.63) is 51.5 Å². The minimum atomic E-state index is 0.515. The van der Waals surface area contributed by atoms with Gasteiger partial charge in [-0.15, -0.1) is 11.3 Å². The van der Waals surface area contributed by atoms with Gasteiger partial charge < -0.3 is 5.32 Å². The molecule has 0 saturated heterocycles. The van der Waals surface area contributed by atoms with Crippen molar-refractivity contribution in [1.29, 1.82) is 0 Å². The highest BCUT2D eigenvalue weighted by Gasteiger charge is 2.11. The molecule has 0 bridgehead atoms. The molecule has 0 radical (unpaired) electrons. The van der Waals surface area contributed by atoms with E-state index in [-0.39, 0.29) is 0 Å². The maximum Gasteiger partial charge on any atom is 0.0897 e. The Kier molecular flexibility index (Phi) is 5.74. The van der Waals surface area contributed by atoms with E-state index in [2.05, 4.69) is 60.7 Å². The third-order valence-electron chi connectivity index (χ3n) is 3.64. The Labute approximate surface area is 126 Å². The molecule has 108 valence electrons. The van der Waals surface area contributed by atoms with Gasteiger partial charge in [0.15, 0.2) is 0 Å². The van der Waals surface area contributed by atoms with Crippen LogP contribution in [0.15, 0.2) is 29.6 Å². The Hall–Kier alpha value is -1.19. The molecule has 1 atom stereocenters. The van der Waals surface area contributed by atoms with Gasteiger partial charge >= 0.3 is 0 Å². The second-order valence-electron chi connectivity index (χ2n) is 5.28. The predicted octanol–water partition coefficient (Wildman–Crippen LogP) is 3.91. The molecule has 0 aliphatic rings. The van der Waals surface area contributed by atoms with Gasteiger partial charge in [0.25, 0.3) is 0 Å². The van der Waals surface area contributed by atoms with Crippen molar-refractivity contribution >= 4 is 11.3 Å². The molecule has 0 amide bonds. The van der Waals surface area contributed by atoms with E-state index >= 15 is 0 Å². The second kappa shape index (κ2) is 7.55. The van der Waals surface area contributed by atoms with Gasteiger partial charge in [0.2, 0.25) is 0 Å². The van der Waals surface area contributed by atoms with Gasteiger partial charge in [0, 0.05) is 17.8 Å². The number of aryl methyl sites for hydroxylation is 3. The summed E-state index contributed by atoms with van der Waals surface area (Å²) in [5.41, 5.74) is 4.08. The Morgan fingerprint density at radius 1 is 1.25 bits per heavy atom. The predicted molar refractivity (Wildman–Crippen MR) is 87.5 cm³/mol. The van der Waals surface area contributed by atoms with Crippen molar-refractivity contribution in [2.75, 3.05) is 6.54 Å². The van der Waals surface area contributed by atoms with Gasteiger partial charge in [-0.2, -0.15) is 0 Å². The van der Waals surface area contributed by atoms with Crippen LogP contribution in [0.5, 0.6) is 0 Å². The molecule has 0 spiro atoms. The quantitative estimate of drug-likeness (QED) is 0.835. The summed E-state index contributed by atoms with van der Waals surface area (Å²) in [6.45, 7) is 7.46. The fraction of sp³-hybridized carbons (Fsp3) is 0.471. The highest BCUT2D eigenvalue weighted by atomic mass is 32.1. The highest BCUT2D eigenvalue weighted by molar-refractivity contribution is 7.09. The van der Waals surface area contributed by atoms with Crippen molar-refractivity contribution in [3.8, 4) is 0 Å². The molecule has 0 aliphatic heterocycles. The average Bonchev–Trinajstić information content (AvgIpc) is 2.83. The maximum atomic E-state index is 4.58. The molecule has 1 aromatic heterocycles. The number of rotatable bonds is 7. The van der Waals surface area contributed by atoms with Gasteiger partial charge in [-0.1, -0.05) is 31.2 Å². The first kappa shape index (κ1) is 15.2. The SMILES string of the molecule is CCNC(CCc1ccccc1C)Cc1csc(C)n1. The molecule has 1 aromatic carbocycles. The molecule has 2 nitrogen and oxygen atoms in total. The van der Waals surface area contributed by atoms with Crippen LogP contribution < -0.4 is 5.32 Å². The van der Waals surface area contributed by atoms with E-state index in [9.17, 15) is 0 Å². The van der Waals surface area contributed by atoms with E-state index in [0.717, 1.165) is 30.8 Å². The second-order valence-corrected chi connectivity index (χ2v) is 6.34. The van der Waals surface area contributed by atoms with E-state index in [0.29, 0.717) is 6.04 Å². The molecule has 1 unspecified atom stereocenters. The monoisotopic (exact) mass is 288 g/mol. The van der Waals surface area contributed by atoms with Crippen molar-refractivity contribution in [1.82, 2.24) is 10.3 Å². The molecule has 2 rings (SSSR count). The first-order valence-electron chi connectivity index (χ1n) is 7.38. The lowest BCUT2D eigenvalue weighted by molar-refractivity contribution is 0.487. The topological polar surface area (TPSA) is 24.9 Å². The lowest BCUT2D eigenvalue weighted by Crippen LogP contribution is -2.31. The van der Waals surface area contributed by atoms with Gasteiger partial charge in [0.05, 0.1) is 10.7 Å². The minimum Gasteiger partial charge on any atom is -0.314 e. The molecule has 0 aliphatic carbocycles. The summed E-state index contributed by atoms with van der Waals surface area (Å²) in [6.07, 6.45) is 3.33. The number of benzene rings is 1. The number of thiazole rings is 1. The molecule has 1 heterocycles. The van der Waals surface area contributed by atoms with E-state index in [1.807, 2.05) is 0 Å². The van der Waals surface area contributed by atoms with Gasteiger partial charge in [-0.3, -0.25) is 0 Å². The number of nitrogens with zero attached hydrogens (tertiary/aromatic N) is 1. The van der Waals surface area contributed by atoms with Crippen LogP contribution in [-0.2, 0) is 12.8 Å². The molecule has 1 N–H and O–H groups in total. The Morgan fingerprint density at radius 2 is 2.05 bits per heavy atom. The average molecular weight is 288 g/mol. The van der Waals surface area contributed by atoms with Crippen molar-refractivity contribution < 1.29 is 0 Å². The zero-order chi connectivity index (χ0) is 14.4. The third kappa shape index (κ3) is 4.43. The maximum absolute atomic E-state index is 4.58. The number of hydrogen-bond donors (Lipinski definition) is 1. The van der Waals surface area contributed by atoms with Gasteiger partial charge in [0.1, 0.15) is 0 Å². The van der Waals surface area contributed by atoms with Crippen LogP contribution >= 0.6 is 11.3 Å². The van der Waals surface area contributed by atoms with Gasteiger partial charge in [-0.05, 0) is 44.4 Å². The number of likely N-dealkylation sites (N-methyl/N-ethyl adjacent to an activating group) is 1. The molecule has 2 aromatic rings.